The van der Waals surface area contributed by atoms with Gasteiger partial charge in [-0.3, -0.25) is 0 Å². The molecule has 0 spiro atoms. The van der Waals surface area contributed by atoms with Crippen molar-refractivity contribution in [3.63, 3.8) is 0 Å². The number of aromatic nitrogens is 1. The second-order valence-corrected chi connectivity index (χ2v) is 4.77. The van der Waals surface area contributed by atoms with Crippen molar-refractivity contribution in [2.45, 2.75) is 0 Å². The summed E-state index contributed by atoms with van der Waals surface area (Å²) < 4.78 is 10.7. The standard InChI is InChI=1S/C16H20N2O2/c1-18(2)10-11-20-16-9-6-14(12-17-16)13-4-7-15(19-3)8-5-13/h4-9,12H,10-11H2,1-3H3. The fraction of sp³-hybridized carbons (Fsp3) is 0.312. The zero-order chi connectivity index (χ0) is 14.4. The van der Waals surface area contributed by atoms with Gasteiger partial charge in [0.15, 0.2) is 0 Å². The summed E-state index contributed by atoms with van der Waals surface area (Å²) in [6, 6.07) is 11.8. The number of hydrogen-bond donors (Lipinski definition) is 0. The van der Waals surface area contributed by atoms with Gasteiger partial charge in [0.1, 0.15) is 12.4 Å². The maximum atomic E-state index is 5.57. The molecular formula is C16H20N2O2. The highest BCUT2D eigenvalue weighted by Gasteiger charge is 2.01. The van der Waals surface area contributed by atoms with E-state index in [0.29, 0.717) is 12.5 Å². The molecule has 0 bridgehead atoms. The van der Waals surface area contributed by atoms with Crippen molar-refractivity contribution in [1.29, 1.82) is 0 Å². The minimum Gasteiger partial charge on any atom is -0.497 e. The molecule has 4 nitrogen and oxygen atoms in total. The van der Waals surface area contributed by atoms with E-state index in [4.69, 9.17) is 9.47 Å². The molecule has 2 aromatic rings. The minimum atomic E-state index is 0.641. The summed E-state index contributed by atoms with van der Waals surface area (Å²) in [5, 5.41) is 0. The molecule has 0 aliphatic heterocycles. The Balaban J connectivity index is 1.99. The number of rotatable bonds is 6. The zero-order valence-corrected chi connectivity index (χ0v) is 12.2. The monoisotopic (exact) mass is 272 g/mol. The molecule has 0 saturated heterocycles. The predicted molar refractivity (Wildman–Crippen MR) is 80.3 cm³/mol. The summed E-state index contributed by atoms with van der Waals surface area (Å²) in [4.78, 5) is 6.40. The summed E-state index contributed by atoms with van der Waals surface area (Å²) >= 11 is 0. The molecule has 0 aliphatic rings. The Labute approximate surface area is 120 Å². The van der Waals surface area contributed by atoms with Gasteiger partial charge in [0.2, 0.25) is 5.88 Å². The van der Waals surface area contributed by atoms with E-state index in [9.17, 15) is 0 Å². The van der Waals surface area contributed by atoms with E-state index in [0.717, 1.165) is 23.4 Å². The van der Waals surface area contributed by atoms with Gasteiger partial charge in [0.05, 0.1) is 7.11 Å². The number of methoxy groups -OCH3 is 1. The molecule has 0 radical (unpaired) electrons. The first-order valence-corrected chi connectivity index (χ1v) is 6.57. The molecule has 1 aromatic carbocycles. The number of ether oxygens (including phenoxy) is 2. The Hall–Kier alpha value is -2.07. The van der Waals surface area contributed by atoms with Gasteiger partial charge in [0.25, 0.3) is 0 Å². The van der Waals surface area contributed by atoms with Gasteiger partial charge in [0, 0.05) is 24.4 Å². The molecule has 1 aromatic heterocycles. The van der Waals surface area contributed by atoms with Crippen molar-refractivity contribution in [3.05, 3.63) is 42.6 Å². The maximum absolute atomic E-state index is 5.57. The normalized spacial score (nSPS) is 10.6. The molecule has 4 heteroatoms. The van der Waals surface area contributed by atoms with Gasteiger partial charge in [-0.1, -0.05) is 12.1 Å². The van der Waals surface area contributed by atoms with Crippen LogP contribution in [0.25, 0.3) is 11.1 Å². The third kappa shape index (κ3) is 3.96. The Bertz CT molecular complexity index is 521. The van der Waals surface area contributed by atoms with Crippen molar-refractivity contribution in [3.8, 4) is 22.8 Å². The van der Waals surface area contributed by atoms with Crippen molar-refractivity contribution in [2.24, 2.45) is 0 Å². The molecule has 0 fully saturated rings. The van der Waals surface area contributed by atoms with Crippen molar-refractivity contribution in [1.82, 2.24) is 9.88 Å². The number of likely N-dealkylation sites (N-methyl/N-ethyl adjacent to an activating group) is 1. The molecule has 106 valence electrons. The summed E-state index contributed by atoms with van der Waals surface area (Å²) in [6.45, 7) is 1.52. The van der Waals surface area contributed by atoms with Crippen LogP contribution in [-0.4, -0.2) is 44.2 Å². The van der Waals surface area contributed by atoms with E-state index in [1.807, 2.05) is 56.7 Å². The van der Waals surface area contributed by atoms with E-state index < -0.39 is 0 Å². The number of nitrogens with zero attached hydrogens (tertiary/aromatic N) is 2. The lowest BCUT2D eigenvalue weighted by Gasteiger charge is -2.10. The van der Waals surface area contributed by atoms with Crippen LogP contribution >= 0.6 is 0 Å². The third-order valence-electron chi connectivity index (χ3n) is 2.95. The third-order valence-corrected chi connectivity index (χ3v) is 2.95. The summed E-state index contributed by atoms with van der Waals surface area (Å²) in [7, 11) is 5.70. The highest BCUT2D eigenvalue weighted by molar-refractivity contribution is 5.63. The average Bonchev–Trinajstić information content (AvgIpc) is 2.48. The summed E-state index contributed by atoms with van der Waals surface area (Å²) in [5.74, 6) is 1.51. The van der Waals surface area contributed by atoms with Crippen LogP contribution in [0.2, 0.25) is 0 Å². The van der Waals surface area contributed by atoms with Crippen LogP contribution in [0.5, 0.6) is 11.6 Å². The fourth-order valence-electron chi connectivity index (χ4n) is 1.75. The van der Waals surface area contributed by atoms with Gasteiger partial charge in [-0.05, 0) is 37.9 Å². The zero-order valence-electron chi connectivity index (χ0n) is 12.2. The van der Waals surface area contributed by atoms with Crippen LogP contribution < -0.4 is 9.47 Å². The smallest absolute Gasteiger partial charge is 0.213 e. The lowest BCUT2D eigenvalue weighted by Crippen LogP contribution is -2.19. The summed E-state index contributed by atoms with van der Waals surface area (Å²) in [6.07, 6.45) is 1.83. The minimum absolute atomic E-state index is 0.641. The van der Waals surface area contributed by atoms with Gasteiger partial charge in [-0.15, -0.1) is 0 Å². The summed E-state index contributed by atoms with van der Waals surface area (Å²) in [5.41, 5.74) is 2.17. The Kier molecular flexibility index (Phi) is 4.96. The lowest BCUT2D eigenvalue weighted by atomic mass is 10.1. The molecule has 0 saturated carbocycles. The van der Waals surface area contributed by atoms with E-state index in [2.05, 4.69) is 9.88 Å². The molecule has 20 heavy (non-hydrogen) atoms. The van der Waals surface area contributed by atoms with Crippen LogP contribution in [0.3, 0.4) is 0 Å². The van der Waals surface area contributed by atoms with Crippen LogP contribution in [0.4, 0.5) is 0 Å². The van der Waals surface area contributed by atoms with E-state index >= 15 is 0 Å². The molecule has 0 atom stereocenters. The van der Waals surface area contributed by atoms with Gasteiger partial charge in [-0.2, -0.15) is 0 Å². The highest BCUT2D eigenvalue weighted by atomic mass is 16.5. The Morgan fingerprint density at radius 1 is 1.00 bits per heavy atom. The molecular weight excluding hydrogens is 252 g/mol. The molecule has 0 amide bonds. The average molecular weight is 272 g/mol. The second-order valence-electron chi connectivity index (χ2n) is 4.77. The first-order valence-electron chi connectivity index (χ1n) is 6.57. The van der Waals surface area contributed by atoms with Gasteiger partial charge in [-0.25, -0.2) is 4.98 Å². The number of benzene rings is 1. The van der Waals surface area contributed by atoms with Crippen LogP contribution in [0.15, 0.2) is 42.6 Å². The van der Waals surface area contributed by atoms with Gasteiger partial charge >= 0.3 is 0 Å². The van der Waals surface area contributed by atoms with Crippen LogP contribution in [0, 0.1) is 0 Å². The molecule has 0 unspecified atom stereocenters. The first kappa shape index (κ1) is 14.3. The fourth-order valence-corrected chi connectivity index (χ4v) is 1.75. The largest absolute Gasteiger partial charge is 0.497 e. The Morgan fingerprint density at radius 3 is 2.25 bits per heavy atom. The van der Waals surface area contributed by atoms with Crippen LogP contribution in [-0.2, 0) is 0 Å². The van der Waals surface area contributed by atoms with Crippen molar-refractivity contribution < 1.29 is 9.47 Å². The molecule has 0 aliphatic carbocycles. The number of hydrogen-bond acceptors (Lipinski definition) is 4. The number of pyridine rings is 1. The van der Waals surface area contributed by atoms with Crippen molar-refractivity contribution in [2.75, 3.05) is 34.4 Å². The second kappa shape index (κ2) is 6.91. The quantitative estimate of drug-likeness (QED) is 0.810. The first-order chi connectivity index (χ1) is 9.69. The van der Waals surface area contributed by atoms with Crippen LogP contribution in [0.1, 0.15) is 0 Å². The highest BCUT2D eigenvalue weighted by Crippen LogP contribution is 2.22. The van der Waals surface area contributed by atoms with E-state index in [1.165, 1.54) is 0 Å². The van der Waals surface area contributed by atoms with E-state index in [-0.39, 0.29) is 0 Å². The van der Waals surface area contributed by atoms with Gasteiger partial charge < -0.3 is 14.4 Å². The predicted octanol–water partition coefficient (Wildman–Crippen LogP) is 2.70. The molecule has 1 heterocycles. The van der Waals surface area contributed by atoms with Crippen molar-refractivity contribution >= 4 is 0 Å². The lowest BCUT2D eigenvalue weighted by molar-refractivity contribution is 0.254. The maximum Gasteiger partial charge on any atom is 0.213 e. The van der Waals surface area contributed by atoms with E-state index in [1.54, 1.807) is 7.11 Å². The molecule has 0 N–H and O–H groups in total. The molecule has 2 rings (SSSR count). The SMILES string of the molecule is COc1ccc(-c2ccc(OCCN(C)C)nc2)cc1. The topological polar surface area (TPSA) is 34.6 Å². The Morgan fingerprint density at radius 2 is 1.70 bits per heavy atom.